The van der Waals surface area contributed by atoms with Crippen molar-refractivity contribution in [1.82, 2.24) is 9.97 Å². The van der Waals surface area contributed by atoms with Crippen LogP contribution in [-0.4, -0.2) is 9.97 Å². The first-order valence-electron chi connectivity index (χ1n) is 3.36. The number of anilines is 2. The Kier molecular flexibility index (Phi) is 1.09. The molecular weight excluding hydrogens is 140 g/mol. The van der Waals surface area contributed by atoms with Gasteiger partial charge in [0.1, 0.15) is 5.82 Å². The molecule has 0 amide bonds. The number of nitrogens with two attached hydrogens (primary N) is 2. The number of hydrogen-bond donors (Lipinski definition) is 2. The molecule has 1 aliphatic carbocycles. The molecule has 1 aromatic heterocycles. The second-order valence-electron chi connectivity index (χ2n) is 2.44. The molecule has 11 heavy (non-hydrogen) atoms. The average Bonchev–Trinajstić information content (AvgIpc) is 2.34. The Balaban J connectivity index is 2.66. The lowest BCUT2D eigenvalue weighted by Crippen LogP contribution is -2.04. The molecule has 4 nitrogen and oxygen atoms in total. The summed E-state index contributed by atoms with van der Waals surface area (Å²) in [6.07, 6.45) is 4.72. The van der Waals surface area contributed by atoms with Crippen LogP contribution < -0.4 is 11.5 Å². The van der Waals surface area contributed by atoms with Crippen LogP contribution in [0.3, 0.4) is 0 Å². The molecule has 0 fully saturated rings. The maximum Gasteiger partial charge on any atom is 0.222 e. The Hall–Kier alpha value is -1.58. The lowest BCUT2D eigenvalue weighted by molar-refractivity contribution is 1.12. The fraction of sp³-hybridized carbons (Fsp3) is 0.143. The van der Waals surface area contributed by atoms with Gasteiger partial charge < -0.3 is 11.5 Å². The molecule has 2 rings (SSSR count). The van der Waals surface area contributed by atoms with Gasteiger partial charge in [0.15, 0.2) is 0 Å². The maximum absolute atomic E-state index is 5.60. The molecule has 4 heteroatoms. The van der Waals surface area contributed by atoms with Crippen LogP contribution in [0, 0.1) is 0 Å². The van der Waals surface area contributed by atoms with Crippen LogP contribution in [-0.2, 0) is 6.42 Å². The summed E-state index contributed by atoms with van der Waals surface area (Å²) in [7, 11) is 0. The van der Waals surface area contributed by atoms with Crippen molar-refractivity contribution in [1.29, 1.82) is 0 Å². The Bertz CT molecular complexity index is 329. The van der Waals surface area contributed by atoms with E-state index in [-0.39, 0.29) is 5.95 Å². The summed E-state index contributed by atoms with van der Waals surface area (Å²) in [4.78, 5) is 7.86. The van der Waals surface area contributed by atoms with Crippen LogP contribution in [0.4, 0.5) is 11.8 Å². The van der Waals surface area contributed by atoms with Gasteiger partial charge in [0.2, 0.25) is 5.95 Å². The van der Waals surface area contributed by atoms with Crippen molar-refractivity contribution in [2.45, 2.75) is 6.42 Å². The molecule has 1 aliphatic rings. The van der Waals surface area contributed by atoms with Gasteiger partial charge in [0, 0.05) is 5.56 Å². The van der Waals surface area contributed by atoms with Gasteiger partial charge in [0.25, 0.3) is 0 Å². The molecule has 0 aromatic carbocycles. The van der Waals surface area contributed by atoms with E-state index in [4.69, 9.17) is 11.5 Å². The minimum Gasteiger partial charge on any atom is -0.383 e. The van der Waals surface area contributed by atoms with Gasteiger partial charge in [-0.3, -0.25) is 0 Å². The molecule has 0 saturated heterocycles. The quantitative estimate of drug-likeness (QED) is 0.551. The molecular formula is C7H8N4. The number of rotatable bonds is 0. The van der Waals surface area contributed by atoms with Gasteiger partial charge in [-0.05, 0) is 12.5 Å². The third-order valence-corrected chi connectivity index (χ3v) is 1.69. The SMILES string of the molecule is Nc1nc(N)c2c(n1)C=CC2. The van der Waals surface area contributed by atoms with E-state index in [1.54, 1.807) is 0 Å². The van der Waals surface area contributed by atoms with Crippen molar-refractivity contribution in [3.63, 3.8) is 0 Å². The molecule has 0 unspecified atom stereocenters. The summed E-state index contributed by atoms with van der Waals surface area (Å²) in [5.41, 5.74) is 12.8. The number of allylic oxidation sites excluding steroid dienone is 1. The predicted molar refractivity (Wildman–Crippen MR) is 43.6 cm³/mol. The minimum absolute atomic E-state index is 0.243. The van der Waals surface area contributed by atoms with Crippen molar-refractivity contribution < 1.29 is 0 Å². The van der Waals surface area contributed by atoms with Crippen molar-refractivity contribution in [3.05, 3.63) is 17.3 Å². The van der Waals surface area contributed by atoms with Crippen molar-refractivity contribution in [3.8, 4) is 0 Å². The standard InChI is InChI=1S/C7H8N4/c8-6-4-2-1-3-5(4)10-7(9)11-6/h1,3H,2H2,(H4,8,9,10,11). The highest BCUT2D eigenvalue weighted by molar-refractivity contribution is 5.63. The highest BCUT2D eigenvalue weighted by Crippen LogP contribution is 2.22. The highest BCUT2D eigenvalue weighted by Gasteiger charge is 2.11. The van der Waals surface area contributed by atoms with E-state index < -0.39 is 0 Å². The first-order valence-corrected chi connectivity index (χ1v) is 3.36. The van der Waals surface area contributed by atoms with Crippen molar-refractivity contribution in [2.75, 3.05) is 11.5 Å². The smallest absolute Gasteiger partial charge is 0.222 e. The summed E-state index contributed by atoms with van der Waals surface area (Å²) >= 11 is 0. The number of hydrogen-bond acceptors (Lipinski definition) is 4. The monoisotopic (exact) mass is 148 g/mol. The number of fused-ring (bicyclic) bond motifs is 1. The van der Waals surface area contributed by atoms with Gasteiger partial charge >= 0.3 is 0 Å². The molecule has 1 heterocycles. The summed E-state index contributed by atoms with van der Waals surface area (Å²) in [5, 5.41) is 0. The van der Waals surface area contributed by atoms with Crippen molar-refractivity contribution >= 4 is 17.8 Å². The largest absolute Gasteiger partial charge is 0.383 e. The lowest BCUT2D eigenvalue weighted by Gasteiger charge is -2.01. The van der Waals surface area contributed by atoms with E-state index in [0.717, 1.165) is 17.7 Å². The molecule has 0 saturated carbocycles. The number of nitrogens with zero attached hydrogens (tertiary/aromatic N) is 2. The topological polar surface area (TPSA) is 77.8 Å². The lowest BCUT2D eigenvalue weighted by atomic mass is 10.2. The second-order valence-corrected chi connectivity index (χ2v) is 2.44. The van der Waals surface area contributed by atoms with Crippen molar-refractivity contribution in [2.24, 2.45) is 0 Å². The maximum atomic E-state index is 5.60. The van der Waals surface area contributed by atoms with Crippen LogP contribution >= 0.6 is 0 Å². The molecule has 4 N–H and O–H groups in total. The van der Waals surface area contributed by atoms with Crippen LogP contribution in [0.2, 0.25) is 0 Å². The van der Waals surface area contributed by atoms with E-state index in [1.165, 1.54) is 0 Å². The van der Waals surface area contributed by atoms with Gasteiger partial charge in [0.05, 0.1) is 5.69 Å². The van der Waals surface area contributed by atoms with Crippen LogP contribution in [0.1, 0.15) is 11.3 Å². The first kappa shape index (κ1) is 6.15. The Labute approximate surface area is 63.9 Å². The van der Waals surface area contributed by atoms with E-state index >= 15 is 0 Å². The summed E-state index contributed by atoms with van der Waals surface area (Å²) in [5.74, 6) is 0.741. The highest BCUT2D eigenvalue weighted by atomic mass is 15.0. The Morgan fingerprint density at radius 1 is 1.27 bits per heavy atom. The summed E-state index contributed by atoms with van der Waals surface area (Å²) in [6, 6.07) is 0. The number of aromatic nitrogens is 2. The molecule has 0 aliphatic heterocycles. The predicted octanol–water partition coefficient (Wildman–Crippen LogP) is 0.210. The summed E-state index contributed by atoms with van der Waals surface area (Å²) < 4.78 is 0. The third kappa shape index (κ3) is 0.832. The molecule has 56 valence electrons. The van der Waals surface area contributed by atoms with E-state index in [0.29, 0.717) is 5.82 Å². The second kappa shape index (κ2) is 1.95. The first-order chi connectivity index (χ1) is 5.27. The minimum atomic E-state index is 0.243. The van der Waals surface area contributed by atoms with Gasteiger partial charge in [-0.1, -0.05) is 6.08 Å². The molecule has 0 atom stereocenters. The normalized spacial score (nSPS) is 13.5. The van der Waals surface area contributed by atoms with Crippen LogP contribution in [0.25, 0.3) is 6.08 Å². The fourth-order valence-corrected chi connectivity index (χ4v) is 1.17. The molecule has 0 bridgehead atoms. The van der Waals surface area contributed by atoms with E-state index in [9.17, 15) is 0 Å². The van der Waals surface area contributed by atoms with Gasteiger partial charge in [-0.25, -0.2) is 4.98 Å². The zero-order valence-electron chi connectivity index (χ0n) is 5.91. The number of nitrogen functional groups attached to an aromatic ring is 2. The average molecular weight is 148 g/mol. The van der Waals surface area contributed by atoms with Gasteiger partial charge in [-0.15, -0.1) is 0 Å². The Morgan fingerprint density at radius 2 is 2.09 bits per heavy atom. The van der Waals surface area contributed by atoms with E-state index in [1.807, 2.05) is 12.2 Å². The zero-order valence-corrected chi connectivity index (χ0v) is 5.91. The van der Waals surface area contributed by atoms with E-state index in [2.05, 4.69) is 9.97 Å². The van der Waals surface area contributed by atoms with Crippen LogP contribution in [0.5, 0.6) is 0 Å². The Morgan fingerprint density at radius 3 is 2.91 bits per heavy atom. The molecule has 0 radical (unpaired) electrons. The fourth-order valence-electron chi connectivity index (χ4n) is 1.17. The zero-order chi connectivity index (χ0) is 7.84. The third-order valence-electron chi connectivity index (χ3n) is 1.69. The molecule has 0 spiro atoms. The van der Waals surface area contributed by atoms with Gasteiger partial charge in [-0.2, -0.15) is 4.98 Å². The summed E-state index contributed by atoms with van der Waals surface area (Å²) in [6.45, 7) is 0. The van der Waals surface area contributed by atoms with Crippen LogP contribution in [0.15, 0.2) is 6.08 Å². The molecule has 1 aromatic rings.